The van der Waals surface area contributed by atoms with E-state index in [2.05, 4.69) is 17.2 Å². The first-order valence-corrected chi connectivity index (χ1v) is 7.93. The lowest BCUT2D eigenvalue weighted by molar-refractivity contribution is -0.425. The van der Waals surface area contributed by atoms with E-state index in [-0.39, 0.29) is 6.10 Å². The molecule has 132 valence electrons. The Morgan fingerprint density at radius 1 is 1.09 bits per heavy atom. The molecule has 5 N–H and O–H groups in total. The van der Waals surface area contributed by atoms with Gasteiger partial charge in [0.25, 0.3) is 0 Å². The number of likely N-dealkylation sites (N-methyl/N-ethyl adjacent to an activating group) is 2. The topological polar surface area (TPSA) is 112 Å². The third-order valence-corrected chi connectivity index (χ3v) is 5.10. The van der Waals surface area contributed by atoms with Gasteiger partial charge in [0.1, 0.15) is 18.3 Å². The summed E-state index contributed by atoms with van der Waals surface area (Å²) >= 11 is 0. The first-order valence-electron chi connectivity index (χ1n) is 7.93. The Hall–Kier alpha value is -0.580. The zero-order valence-electron chi connectivity index (χ0n) is 13.6. The minimum atomic E-state index is -1.78. The van der Waals surface area contributed by atoms with Crippen LogP contribution in [0.15, 0.2) is 12.2 Å². The molecular weight excluding hydrogens is 304 g/mol. The lowest BCUT2D eigenvalue weighted by atomic mass is 9.80. The minimum Gasteiger partial charge on any atom is -0.390 e. The molecule has 3 rings (SSSR count). The number of hydrogen-bond donors (Lipinski definition) is 5. The van der Waals surface area contributed by atoms with Gasteiger partial charge in [-0.1, -0.05) is 6.58 Å². The summed E-state index contributed by atoms with van der Waals surface area (Å²) in [7, 11) is 3.34. The molecular formula is C15H26N2O6. The van der Waals surface area contributed by atoms with E-state index in [1.54, 1.807) is 14.1 Å². The molecule has 2 saturated heterocycles. The number of rotatable bonds is 2. The van der Waals surface area contributed by atoms with Crippen LogP contribution in [-0.4, -0.2) is 84.1 Å². The summed E-state index contributed by atoms with van der Waals surface area (Å²) in [6, 6.07) is -1.12. The van der Waals surface area contributed by atoms with Gasteiger partial charge in [-0.15, -0.1) is 0 Å². The maximum Gasteiger partial charge on any atom is 0.241 e. The van der Waals surface area contributed by atoms with Gasteiger partial charge in [0.05, 0.1) is 24.3 Å². The molecule has 0 bridgehead atoms. The minimum absolute atomic E-state index is 0.167. The van der Waals surface area contributed by atoms with Crippen LogP contribution < -0.4 is 10.6 Å². The Morgan fingerprint density at radius 2 is 1.74 bits per heavy atom. The molecule has 0 amide bonds. The van der Waals surface area contributed by atoms with Crippen LogP contribution in [0.25, 0.3) is 0 Å². The second-order valence-corrected chi connectivity index (χ2v) is 6.58. The number of fused-ring (bicyclic) bond motifs is 2. The SMILES string of the molecule is C=C1C[C@@H](C)O[C@H]2O[C@@H]3[C@@H](O)[C@H](NC)[C@H](O)[C@H](NC)[C@H]3O[C@@]12O. The molecule has 0 spiro atoms. The highest BCUT2D eigenvalue weighted by atomic mass is 16.8. The molecule has 0 radical (unpaired) electrons. The molecule has 3 aliphatic rings. The number of ether oxygens (including phenoxy) is 3. The van der Waals surface area contributed by atoms with E-state index in [0.29, 0.717) is 12.0 Å². The lowest BCUT2D eigenvalue weighted by Crippen LogP contribution is -2.76. The smallest absolute Gasteiger partial charge is 0.241 e. The first kappa shape index (κ1) is 17.2. The fourth-order valence-electron chi connectivity index (χ4n) is 3.82. The highest BCUT2D eigenvalue weighted by Crippen LogP contribution is 2.43. The zero-order valence-corrected chi connectivity index (χ0v) is 13.6. The van der Waals surface area contributed by atoms with Crippen molar-refractivity contribution in [3.8, 4) is 0 Å². The highest BCUT2D eigenvalue weighted by molar-refractivity contribution is 5.18. The molecule has 1 saturated carbocycles. The molecule has 0 unspecified atom stereocenters. The van der Waals surface area contributed by atoms with Gasteiger partial charge in [0.15, 0.2) is 0 Å². The largest absolute Gasteiger partial charge is 0.390 e. The van der Waals surface area contributed by atoms with Crippen LogP contribution in [0.2, 0.25) is 0 Å². The van der Waals surface area contributed by atoms with Crippen molar-refractivity contribution in [3.63, 3.8) is 0 Å². The number of aliphatic hydroxyl groups is 3. The monoisotopic (exact) mass is 330 g/mol. The summed E-state index contributed by atoms with van der Waals surface area (Å²) < 4.78 is 17.4. The van der Waals surface area contributed by atoms with Gasteiger partial charge < -0.3 is 40.2 Å². The normalized spacial score (nSPS) is 53.6. The van der Waals surface area contributed by atoms with Crippen LogP contribution in [0.1, 0.15) is 13.3 Å². The van der Waals surface area contributed by atoms with Crippen LogP contribution in [0, 0.1) is 0 Å². The molecule has 8 nitrogen and oxygen atoms in total. The molecule has 0 aromatic heterocycles. The second-order valence-electron chi connectivity index (χ2n) is 6.58. The van der Waals surface area contributed by atoms with Crippen LogP contribution in [0.4, 0.5) is 0 Å². The third kappa shape index (κ3) is 2.54. The second kappa shape index (κ2) is 6.05. The van der Waals surface area contributed by atoms with Crippen LogP contribution >= 0.6 is 0 Å². The molecule has 2 heterocycles. The fraction of sp³-hybridized carbons (Fsp3) is 0.867. The van der Waals surface area contributed by atoms with E-state index >= 15 is 0 Å². The van der Waals surface area contributed by atoms with Gasteiger partial charge in [-0.2, -0.15) is 0 Å². The molecule has 3 fully saturated rings. The molecule has 8 heteroatoms. The number of hydrogen-bond acceptors (Lipinski definition) is 8. The van der Waals surface area contributed by atoms with Gasteiger partial charge in [0, 0.05) is 0 Å². The van der Waals surface area contributed by atoms with Gasteiger partial charge in [-0.25, -0.2) is 0 Å². The van der Waals surface area contributed by atoms with Gasteiger partial charge >= 0.3 is 0 Å². The van der Waals surface area contributed by atoms with Crippen molar-refractivity contribution in [1.29, 1.82) is 0 Å². The summed E-state index contributed by atoms with van der Waals surface area (Å²) in [4.78, 5) is 0. The van der Waals surface area contributed by atoms with E-state index in [0.717, 1.165) is 0 Å². The Bertz CT molecular complexity index is 477. The van der Waals surface area contributed by atoms with Gasteiger partial charge in [-0.3, -0.25) is 0 Å². The predicted molar refractivity (Wildman–Crippen MR) is 80.5 cm³/mol. The average molecular weight is 330 g/mol. The molecule has 0 aromatic rings. The van der Waals surface area contributed by atoms with Crippen molar-refractivity contribution in [2.75, 3.05) is 14.1 Å². The third-order valence-electron chi connectivity index (χ3n) is 5.10. The molecule has 2 aliphatic heterocycles. The maximum absolute atomic E-state index is 10.8. The van der Waals surface area contributed by atoms with Gasteiger partial charge in [-0.05, 0) is 33.0 Å². The zero-order chi connectivity index (χ0) is 16.9. The Labute approximate surface area is 135 Å². The summed E-state index contributed by atoms with van der Waals surface area (Å²) in [5.74, 6) is -1.78. The first-order chi connectivity index (χ1) is 10.8. The summed E-state index contributed by atoms with van der Waals surface area (Å²) in [6.45, 7) is 5.74. The molecule has 23 heavy (non-hydrogen) atoms. The van der Waals surface area contributed by atoms with E-state index in [1.807, 2.05) is 6.92 Å². The Balaban J connectivity index is 1.92. The standard InChI is InChI=1S/C15H26N2O6/c1-6-5-7(2)21-14-15(6,20)23-12-9(17-4)10(18)8(16-3)11(19)13(12)22-14/h7-14,16-20H,1,5H2,2-4H3/t7-,8-,9+,10+,11+,12-,13-,14+,15+/m1/s1. The van der Waals surface area contributed by atoms with Crippen LogP contribution in [0.3, 0.4) is 0 Å². The number of aliphatic hydroxyl groups excluding tert-OH is 2. The molecule has 9 atom stereocenters. The Kier molecular flexibility index (Phi) is 4.54. The highest BCUT2D eigenvalue weighted by Gasteiger charge is 2.61. The van der Waals surface area contributed by atoms with E-state index in [9.17, 15) is 15.3 Å². The van der Waals surface area contributed by atoms with Crippen molar-refractivity contribution < 1.29 is 29.5 Å². The molecule has 0 aromatic carbocycles. The van der Waals surface area contributed by atoms with E-state index < -0.39 is 48.6 Å². The van der Waals surface area contributed by atoms with Crippen molar-refractivity contribution in [3.05, 3.63) is 12.2 Å². The summed E-state index contributed by atoms with van der Waals surface area (Å²) in [5.41, 5.74) is 0.467. The van der Waals surface area contributed by atoms with E-state index in [4.69, 9.17) is 14.2 Å². The van der Waals surface area contributed by atoms with Crippen LogP contribution in [-0.2, 0) is 14.2 Å². The number of nitrogens with one attached hydrogen (secondary N) is 2. The maximum atomic E-state index is 10.8. The van der Waals surface area contributed by atoms with Gasteiger partial charge in [0.2, 0.25) is 12.1 Å². The fourth-order valence-corrected chi connectivity index (χ4v) is 3.82. The van der Waals surface area contributed by atoms with Crippen LogP contribution in [0.5, 0.6) is 0 Å². The summed E-state index contributed by atoms with van der Waals surface area (Å²) in [6.07, 6.45) is -4.20. The quantitative estimate of drug-likeness (QED) is 0.372. The average Bonchev–Trinajstić information content (AvgIpc) is 2.49. The van der Waals surface area contributed by atoms with E-state index in [1.165, 1.54) is 0 Å². The lowest BCUT2D eigenvalue weighted by Gasteiger charge is -2.56. The Morgan fingerprint density at radius 3 is 2.35 bits per heavy atom. The summed E-state index contributed by atoms with van der Waals surface area (Å²) in [5, 5.41) is 37.7. The van der Waals surface area contributed by atoms with Crippen molar-refractivity contribution in [2.24, 2.45) is 0 Å². The van der Waals surface area contributed by atoms with Crippen molar-refractivity contribution in [2.45, 2.75) is 68.0 Å². The van der Waals surface area contributed by atoms with Crippen molar-refractivity contribution in [1.82, 2.24) is 10.6 Å². The molecule has 1 aliphatic carbocycles. The van der Waals surface area contributed by atoms with Crippen molar-refractivity contribution >= 4 is 0 Å². The predicted octanol–water partition coefficient (Wildman–Crippen LogP) is -1.94.